The summed E-state index contributed by atoms with van der Waals surface area (Å²) in [5.41, 5.74) is 18.4. The molecule has 0 amide bonds. The molecule has 11 rings (SSSR count). The number of nitrogens with zero attached hydrogens (tertiary/aromatic N) is 1. The number of rotatable bonds is 8. The highest BCUT2D eigenvalue weighted by atomic mass is 15.2. The van der Waals surface area contributed by atoms with Crippen molar-refractivity contribution in [2.75, 3.05) is 4.90 Å². The third-order valence-corrected chi connectivity index (χ3v) is 13.3. The Morgan fingerprint density at radius 1 is 0.450 bits per heavy atom. The minimum Gasteiger partial charge on any atom is -0.334 e. The number of hydrogen-bond acceptors (Lipinski definition) is 1. The van der Waals surface area contributed by atoms with Gasteiger partial charge in [-0.2, -0.15) is 0 Å². The van der Waals surface area contributed by atoms with E-state index in [1.165, 1.54) is 115 Å². The Morgan fingerprint density at radius 2 is 1.03 bits per heavy atom. The first-order chi connectivity index (χ1) is 29.7. The van der Waals surface area contributed by atoms with E-state index in [9.17, 15) is 0 Å². The summed E-state index contributed by atoms with van der Waals surface area (Å²) in [6, 6.07) is 67.8. The Labute approximate surface area is 354 Å². The highest BCUT2D eigenvalue weighted by Crippen LogP contribution is 2.58. The van der Waals surface area contributed by atoms with E-state index < -0.39 is 0 Å². The molecule has 3 aliphatic carbocycles. The van der Waals surface area contributed by atoms with Crippen molar-refractivity contribution in [3.05, 3.63) is 229 Å². The lowest BCUT2D eigenvalue weighted by molar-refractivity contribution is 0.549. The van der Waals surface area contributed by atoms with Crippen LogP contribution in [0.1, 0.15) is 54.4 Å². The van der Waals surface area contributed by atoms with Gasteiger partial charge in [0.2, 0.25) is 0 Å². The predicted octanol–water partition coefficient (Wildman–Crippen LogP) is 15.9. The van der Waals surface area contributed by atoms with Gasteiger partial charge >= 0.3 is 0 Å². The Kier molecular flexibility index (Phi) is 9.23. The largest absolute Gasteiger partial charge is 0.334 e. The summed E-state index contributed by atoms with van der Waals surface area (Å²) in [4.78, 5) is 2.54. The van der Waals surface area contributed by atoms with Crippen LogP contribution in [0.25, 0.3) is 67.4 Å². The van der Waals surface area contributed by atoms with Crippen molar-refractivity contribution in [3.63, 3.8) is 0 Å². The Bertz CT molecular complexity index is 2880. The first-order valence-corrected chi connectivity index (χ1v) is 21.7. The zero-order chi connectivity index (χ0) is 39.9. The lowest BCUT2D eigenvalue weighted by Gasteiger charge is -2.34. The van der Waals surface area contributed by atoms with Gasteiger partial charge < -0.3 is 4.90 Å². The normalized spacial score (nSPS) is 16.1. The van der Waals surface area contributed by atoms with Crippen LogP contribution in [0.2, 0.25) is 0 Å². The van der Waals surface area contributed by atoms with Gasteiger partial charge in [-0.15, -0.1) is 0 Å². The third-order valence-electron chi connectivity index (χ3n) is 13.3. The van der Waals surface area contributed by atoms with Crippen molar-refractivity contribution >= 4 is 34.3 Å². The highest BCUT2D eigenvalue weighted by Gasteiger charge is 2.45. The standard InChI is InChI=1S/C59H47N/c1-5-16-44(17-6-1)51-24-15-25-55-50(36-37-52(58(51)55)45-18-7-2-8-19-45)46-31-28-42(29-32-46)26-27-43-30-34-53-54-35-33-49(41-57(54)59(56(53)40-43)38-13-14-39-59)60(47-20-9-3-10-21-47)48-22-11-4-12-23-48/h1-12,15-22,24-37,40-41,48H,13-14,23,38-39H2/b27-26+. The molecule has 8 aromatic carbocycles. The monoisotopic (exact) mass is 769 g/mol. The van der Waals surface area contributed by atoms with Gasteiger partial charge in [-0.25, -0.2) is 0 Å². The van der Waals surface area contributed by atoms with Crippen LogP contribution < -0.4 is 4.90 Å². The van der Waals surface area contributed by atoms with Crippen LogP contribution in [0.15, 0.2) is 206 Å². The molecule has 0 bridgehead atoms. The molecule has 8 aromatic rings. The quantitative estimate of drug-likeness (QED) is 0.139. The second-order valence-electron chi connectivity index (χ2n) is 16.7. The summed E-state index contributed by atoms with van der Waals surface area (Å²) in [6.45, 7) is 0. The van der Waals surface area contributed by atoms with E-state index in [2.05, 4.69) is 223 Å². The van der Waals surface area contributed by atoms with Crippen molar-refractivity contribution in [1.82, 2.24) is 0 Å². The summed E-state index contributed by atoms with van der Waals surface area (Å²) in [5, 5.41) is 2.56. The minimum atomic E-state index is 0.0655. The van der Waals surface area contributed by atoms with Gasteiger partial charge in [-0.05, 0) is 121 Å². The lowest BCUT2D eigenvalue weighted by atomic mass is 9.76. The van der Waals surface area contributed by atoms with Crippen LogP contribution in [-0.2, 0) is 5.41 Å². The number of allylic oxidation sites excluding steroid dienone is 2. The maximum atomic E-state index is 2.54. The zero-order valence-corrected chi connectivity index (χ0v) is 33.8. The van der Waals surface area contributed by atoms with Gasteiger partial charge in [0.25, 0.3) is 0 Å². The Morgan fingerprint density at radius 3 is 1.73 bits per heavy atom. The van der Waals surface area contributed by atoms with Crippen LogP contribution >= 0.6 is 0 Å². The number of anilines is 2. The summed E-state index contributed by atoms with van der Waals surface area (Å²) < 4.78 is 0. The van der Waals surface area contributed by atoms with Crippen molar-refractivity contribution in [2.45, 2.75) is 43.6 Å². The molecule has 1 spiro atoms. The smallest absolute Gasteiger partial charge is 0.0559 e. The molecule has 3 aliphatic rings. The van der Waals surface area contributed by atoms with Gasteiger partial charge in [0.1, 0.15) is 0 Å². The Balaban J connectivity index is 0.910. The van der Waals surface area contributed by atoms with Crippen LogP contribution in [0, 0.1) is 0 Å². The van der Waals surface area contributed by atoms with Gasteiger partial charge in [-0.3, -0.25) is 0 Å². The molecule has 1 nitrogen and oxygen atoms in total. The fourth-order valence-corrected chi connectivity index (χ4v) is 10.5. The molecular weight excluding hydrogens is 723 g/mol. The van der Waals surface area contributed by atoms with E-state index in [-0.39, 0.29) is 11.5 Å². The number of para-hydroxylation sites is 1. The van der Waals surface area contributed by atoms with E-state index in [4.69, 9.17) is 0 Å². The molecule has 60 heavy (non-hydrogen) atoms. The number of benzene rings is 8. The van der Waals surface area contributed by atoms with Gasteiger partial charge in [0.15, 0.2) is 0 Å². The zero-order valence-electron chi connectivity index (χ0n) is 33.8. The average Bonchev–Trinajstić information content (AvgIpc) is 3.92. The van der Waals surface area contributed by atoms with Gasteiger partial charge in [0.05, 0.1) is 6.04 Å². The molecule has 0 aliphatic heterocycles. The third kappa shape index (κ3) is 6.33. The molecule has 0 saturated heterocycles. The van der Waals surface area contributed by atoms with E-state index in [1.54, 1.807) is 0 Å². The van der Waals surface area contributed by atoms with Crippen molar-refractivity contribution in [1.29, 1.82) is 0 Å². The molecule has 1 unspecified atom stereocenters. The molecule has 1 heteroatoms. The molecule has 1 atom stereocenters. The lowest BCUT2D eigenvalue weighted by Crippen LogP contribution is -2.30. The summed E-state index contributed by atoms with van der Waals surface area (Å²) in [5.74, 6) is 0. The number of hydrogen-bond donors (Lipinski definition) is 0. The minimum absolute atomic E-state index is 0.0655. The molecule has 1 fully saturated rings. The van der Waals surface area contributed by atoms with Crippen molar-refractivity contribution in [2.24, 2.45) is 0 Å². The van der Waals surface area contributed by atoms with Crippen LogP contribution in [-0.4, -0.2) is 6.04 Å². The SMILES string of the molecule is C1=CCC(N(c2ccccc2)c2ccc3c(c2)C2(CCCC2)c2cc(/C=C/c4ccc(-c5ccc(-c6ccccc6)c6c(-c7ccccc7)cccc56)cc4)ccc2-3)C=C1. The van der Waals surface area contributed by atoms with Crippen molar-refractivity contribution in [3.8, 4) is 44.5 Å². The van der Waals surface area contributed by atoms with Crippen LogP contribution in [0.3, 0.4) is 0 Å². The van der Waals surface area contributed by atoms with E-state index in [0.717, 1.165) is 6.42 Å². The fraction of sp³-hybridized carbons (Fsp3) is 0.119. The first-order valence-electron chi connectivity index (χ1n) is 21.7. The molecular formula is C59H47N. The maximum Gasteiger partial charge on any atom is 0.0559 e. The second kappa shape index (κ2) is 15.3. The van der Waals surface area contributed by atoms with Crippen LogP contribution in [0.5, 0.6) is 0 Å². The maximum absolute atomic E-state index is 2.54. The van der Waals surface area contributed by atoms with E-state index in [0.29, 0.717) is 0 Å². The molecule has 288 valence electrons. The second-order valence-corrected chi connectivity index (χ2v) is 16.7. The summed E-state index contributed by atoms with van der Waals surface area (Å²) >= 11 is 0. The first kappa shape index (κ1) is 36.1. The van der Waals surface area contributed by atoms with Crippen molar-refractivity contribution < 1.29 is 0 Å². The Hall–Kier alpha value is -6.96. The van der Waals surface area contributed by atoms with E-state index in [1.807, 2.05) is 0 Å². The topological polar surface area (TPSA) is 3.24 Å². The molecule has 0 radical (unpaired) electrons. The van der Waals surface area contributed by atoms with Crippen LogP contribution in [0.4, 0.5) is 11.4 Å². The summed E-state index contributed by atoms with van der Waals surface area (Å²) in [7, 11) is 0. The summed E-state index contributed by atoms with van der Waals surface area (Å²) in [6.07, 6.45) is 19.5. The predicted molar refractivity (Wildman–Crippen MR) is 256 cm³/mol. The fourth-order valence-electron chi connectivity index (χ4n) is 10.5. The van der Waals surface area contributed by atoms with Gasteiger partial charge in [0, 0.05) is 16.8 Å². The number of fused-ring (bicyclic) bond motifs is 6. The molecule has 0 aromatic heterocycles. The van der Waals surface area contributed by atoms with E-state index >= 15 is 0 Å². The molecule has 0 N–H and O–H groups in total. The molecule has 1 saturated carbocycles. The highest BCUT2D eigenvalue weighted by molar-refractivity contribution is 6.12. The molecule has 0 heterocycles. The average molecular weight is 770 g/mol. The van der Waals surface area contributed by atoms with Gasteiger partial charge in [-0.1, -0.05) is 207 Å².